The smallest absolute Gasteiger partial charge is 0.311 e. The fraction of sp³-hybridized carbons (Fsp3) is 0.467. The number of hydrogen-bond acceptors (Lipinski definition) is 2. The summed E-state index contributed by atoms with van der Waals surface area (Å²) in [6.45, 7) is 2.70. The van der Waals surface area contributed by atoms with Crippen LogP contribution < -0.4 is 0 Å². The molecule has 1 fully saturated rings. The van der Waals surface area contributed by atoms with Gasteiger partial charge >= 0.3 is 5.97 Å². The first-order chi connectivity index (χ1) is 9.89. The van der Waals surface area contributed by atoms with Gasteiger partial charge in [0.05, 0.1) is 10.4 Å². The van der Waals surface area contributed by atoms with E-state index in [9.17, 15) is 14.7 Å². The van der Waals surface area contributed by atoms with Crippen molar-refractivity contribution in [1.29, 1.82) is 0 Å². The maximum atomic E-state index is 12.5. The molecule has 0 radical (unpaired) electrons. The van der Waals surface area contributed by atoms with Crippen molar-refractivity contribution in [2.45, 2.75) is 26.2 Å². The van der Waals surface area contributed by atoms with Crippen LogP contribution in [0.2, 0.25) is 5.02 Å². The number of piperidine rings is 1. The van der Waals surface area contributed by atoms with Crippen LogP contribution in [-0.4, -0.2) is 35.0 Å². The Balaban J connectivity index is 2.22. The van der Waals surface area contributed by atoms with E-state index in [1.54, 1.807) is 23.1 Å². The van der Waals surface area contributed by atoms with Crippen molar-refractivity contribution >= 4 is 39.4 Å². The SMILES string of the molecule is CCC1(C(=O)O)CCCN(C(=O)c2ccc(Br)c(Cl)c2)C1. The summed E-state index contributed by atoms with van der Waals surface area (Å²) < 4.78 is 0.729. The lowest BCUT2D eigenvalue weighted by Gasteiger charge is -2.39. The number of nitrogens with zero attached hydrogens (tertiary/aromatic N) is 1. The molecule has 1 unspecified atom stereocenters. The van der Waals surface area contributed by atoms with Crippen molar-refractivity contribution in [3.63, 3.8) is 0 Å². The molecule has 2 rings (SSSR count). The number of hydrogen-bond donors (Lipinski definition) is 1. The van der Waals surface area contributed by atoms with Gasteiger partial charge in [-0.1, -0.05) is 18.5 Å². The van der Waals surface area contributed by atoms with Crippen molar-refractivity contribution < 1.29 is 14.7 Å². The first kappa shape index (κ1) is 16.3. The molecule has 21 heavy (non-hydrogen) atoms. The van der Waals surface area contributed by atoms with Gasteiger partial charge in [-0.2, -0.15) is 0 Å². The maximum absolute atomic E-state index is 12.5. The minimum absolute atomic E-state index is 0.164. The molecular weight excluding hydrogens is 358 g/mol. The van der Waals surface area contributed by atoms with E-state index in [1.807, 2.05) is 6.92 Å². The Morgan fingerprint density at radius 1 is 1.48 bits per heavy atom. The van der Waals surface area contributed by atoms with Gasteiger partial charge in [-0.15, -0.1) is 0 Å². The Kier molecular flexibility index (Phi) is 4.94. The normalized spacial score (nSPS) is 22.1. The zero-order valence-electron chi connectivity index (χ0n) is 11.7. The zero-order chi connectivity index (χ0) is 15.6. The number of benzene rings is 1. The Morgan fingerprint density at radius 2 is 2.19 bits per heavy atom. The number of carbonyl (C=O) groups is 2. The molecule has 1 aromatic rings. The second kappa shape index (κ2) is 6.36. The van der Waals surface area contributed by atoms with E-state index in [-0.39, 0.29) is 12.5 Å². The van der Waals surface area contributed by atoms with Gasteiger partial charge in [-0.3, -0.25) is 9.59 Å². The summed E-state index contributed by atoms with van der Waals surface area (Å²) in [6.07, 6.45) is 1.84. The highest BCUT2D eigenvalue weighted by Crippen LogP contribution is 2.34. The fourth-order valence-electron chi connectivity index (χ4n) is 2.73. The highest BCUT2D eigenvalue weighted by atomic mass is 79.9. The lowest BCUT2D eigenvalue weighted by Crippen LogP contribution is -2.49. The molecule has 1 aliphatic heterocycles. The predicted octanol–water partition coefficient (Wildman–Crippen LogP) is 3.82. The van der Waals surface area contributed by atoms with E-state index >= 15 is 0 Å². The van der Waals surface area contributed by atoms with Gasteiger partial charge in [0.1, 0.15) is 0 Å². The molecule has 1 aliphatic rings. The average Bonchev–Trinajstić information content (AvgIpc) is 2.49. The molecule has 1 N–H and O–H groups in total. The number of aliphatic carboxylic acids is 1. The van der Waals surface area contributed by atoms with Gasteiger partial charge in [0.2, 0.25) is 0 Å². The Labute approximate surface area is 137 Å². The van der Waals surface area contributed by atoms with Gasteiger partial charge in [0.25, 0.3) is 5.91 Å². The number of halogens is 2. The van der Waals surface area contributed by atoms with Crippen molar-refractivity contribution in [3.05, 3.63) is 33.3 Å². The number of carbonyl (C=O) groups excluding carboxylic acids is 1. The van der Waals surface area contributed by atoms with Crippen molar-refractivity contribution in [1.82, 2.24) is 4.90 Å². The predicted molar refractivity (Wildman–Crippen MR) is 84.6 cm³/mol. The highest BCUT2D eigenvalue weighted by molar-refractivity contribution is 9.10. The standard InChI is InChI=1S/C15H17BrClNO3/c1-2-15(14(20)21)6-3-7-18(9-15)13(19)10-4-5-11(16)12(17)8-10/h4-5,8H,2-3,6-7,9H2,1H3,(H,20,21). The van der Waals surface area contributed by atoms with Crippen LogP contribution in [0.1, 0.15) is 36.5 Å². The van der Waals surface area contributed by atoms with E-state index < -0.39 is 11.4 Å². The van der Waals surface area contributed by atoms with Gasteiger partial charge in [-0.05, 0) is 53.4 Å². The Morgan fingerprint density at radius 3 is 2.76 bits per heavy atom. The minimum Gasteiger partial charge on any atom is -0.481 e. The summed E-state index contributed by atoms with van der Waals surface area (Å²) in [4.78, 5) is 25.7. The molecule has 1 atom stereocenters. The van der Waals surface area contributed by atoms with E-state index in [1.165, 1.54) is 0 Å². The van der Waals surface area contributed by atoms with Gasteiger partial charge in [0.15, 0.2) is 0 Å². The third-order valence-corrected chi connectivity index (χ3v) is 5.39. The summed E-state index contributed by atoms with van der Waals surface area (Å²) in [5, 5.41) is 9.94. The number of likely N-dealkylation sites (tertiary alicyclic amines) is 1. The Hall–Kier alpha value is -1.07. The summed E-state index contributed by atoms with van der Waals surface area (Å²) >= 11 is 9.31. The lowest BCUT2D eigenvalue weighted by molar-refractivity contribution is -0.152. The summed E-state index contributed by atoms with van der Waals surface area (Å²) in [7, 11) is 0. The average molecular weight is 375 g/mol. The topological polar surface area (TPSA) is 57.6 Å². The van der Waals surface area contributed by atoms with Gasteiger partial charge in [0, 0.05) is 23.1 Å². The molecule has 6 heteroatoms. The largest absolute Gasteiger partial charge is 0.481 e. The van der Waals surface area contributed by atoms with Crippen LogP contribution in [0.15, 0.2) is 22.7 Å². The molecule has 0 saturated carbocycles. The molecule has 1 amide bonds. The molecule has 0 aliphatic carbocycles. The third kappa shape index (κ3) is 3.24. The molecule has 0 aromatic heterocycles. The quantitative estimate of drug-likeness (QED) is 0.875. The summed E-state index contributed by atoms with van der Waals surface area (Å²) in [6, 6.07) is 5.03. The Bertz CT molecular complexity index is 578. The van der Waals surface area contributed by atoms with E-state index in [0.29, 0.717) is 36.4 Å². The fourth-order valence-corrected chi connectivity index (χ4v) is 3.16. The first-order valence-electron chi connectivity index (χ1n) is 6.87. The van der Waals surface area contributed by atoms with Gasteiger partial charge < -0.3 is 10.0 Å². The lowest BCUT2D eigenvalue weighted by atomic mass is 9.77. The van der Waals surface area contributed by atoms with Crippen molar-refractivity contribution in [2.24, 2.45) is 5.41 Å². The van der Waals surface area contributed by atoms with E-state index in [0.717, 1.165) is 4.47 Å². The molecule has 1 saturated heterocycles. The van der Waals surface area contributed by atoms with Crippen molar-refractivity contribution in [3.8, 4) is 0 Å². The first-order valence-corrected chi connectivity index (χ1v) is 8.04. The summed E-state index contributed by atoms with van der Waals surface area (Å²) in [5.74, 6) is -0.987. The van der Waals surface area contributed by atoms with Crippen LogP contribution in [0.5, 0.6) is 0 Å². The highest BCUT2D eigenvalue weighted by Gasteiger charge is 2.42. The van der Waals surface area contributed by atoms with Crippen LogP contribution in [0.25, 0.3) is 0 Å². The van der Waals surface area contributed by atoms with E-state index in [4.69, 9.17) is 11.6 Å². The molecular formula is C15H17BrClNO3. The number of carboxylic acids is 1. The van der Waals surface area contributed by atoms with Crippen LogP contribution in [0.4, 0.5) is 0 Å². The minimum atomic E-state index is -0.826. The van der Waals surface area contributed by atoms with E-state index in [2.05, 4.69) is 15.9 Å². The van der Waals surface area contributed by atoms with Gasteiger partial charge in [-0.25, -0.2) is 0 Å². The third-order valence-electron chi connectivity index (χ3n) is 4.16. The second-order valence-electron chi connectivity index (χ2n) is 5.40. The van der Waals surface area contributed by atoms with Crippen LogP contribution >= 0.6 is 27.5 Å². The monoisotopic (exact) mass is 373 g/mol. The summed E-state index contributed by atoms with van der Waals surface area (Å²) in [5.41, 5.74) is -0.340. The van der Waals surface area contributed by atoms with Crippen molar-refractivity contribution in [2.75, 3.05) is 13.1 Å². The molecule has 1 aromatic carbocycles. The van der Waals surface area contributed by atoms with Crippen LogP contribution in [-0.2, 0) is 4.79 Å². The maximum Gasteiger partial charge on any atom is 0.311 e. The zero-order valence-corrected chi connectivity index (χ0v) is 14.1. The molecule has 4 nitrogen and oxygen atoms in total. The number of rotatable bonds is 3. The number of amides is 1. The number of carboxylic acid groups (broad SMARTS) is 1. The molecule has 0 spiro atoms. The van der Waals surface area contributed by atoms with Crippen LogP contribution in [0, 0.1) is 5.41 Å². The second-order valence-corrected chi connectivity index (χ2v) is 6.66. The molecule has 114 valence electrons. The molecule has 0 bridgehead atoms. The van der Waals surface area contributed by atoms with Crippen LogP contribution in [0.3, 0.4) is 0 Å². The molecule has 1 heterocycles.